The van der Waals surface area contributed by atoms with Crippen LogP contribution in [0, 0.1) is 5.82 Å². The molecule has 24 heavy (non-hydrogen) atoms. The average molecular weight is 345 g/mol. The predicted molar refractivity (Wildman–Crippen MR) is 93.6 cm³/mol. The molecule has 0 aliphatic rings. The van der Waals surface area contributed by atoms with Gasteiger partial charge >= 0.3 is 0 Å². The number of amides is 2. The monoisotopic (exact) mass is 345 g/mol. The molecule has 0 fully saturated rings. The van der Waals surface area contributed by atoms with E-state index in [0.717, 1.165) is 0 Å². The molecule has 0 unspecified atom stereocenters. The number of nitrogens with zero attached hydrogens (tertiary/aromatic N) is 2. The third-order valence-corrected chi connectivity index (χ3v) is 3.78. The van der Waals surface area contributed by atoms with E-state index in [0.29, 0.717) is 17.4 Å². The van der Waals surface area contributed by atoms with Crippen LogP contribution in [0.3, 0.4) is 0 Å². The minimum atomic E-state index is -0.510. The molecule has 7 heteroatoms. The van der Waals surface area contributed by atoms with Crippen molar-refractivity contribution < 1.29 is 14.0 Å². The Morgan fingerprint density at radius 2 is 2.17 bits per heavy atom. The van der Waals surface area contributed by atoms with E-state index in [9.17, 15) is 14.0 Å². The number of hydrogen-bond acceptors (Lipinski definition) is 4. The molecule has 124 valence electrons. The molecule has 0 saturated heterocycles. The van der Waals surface area contributed by atoms with Crippen molar-refractivity contribution in [3.8, 4) is 0 Å². The fourth-order valence-electron chi connectivity index (χ4n) is 1.89. The minimum Gasteiger partial charge on any atom is -0.349 e. The number of nitrogens with one attached hydrogen (secondary N) is 1. The van der Waals surface area contributed by atoms with E-state index in [4.69, 9.17) is 0 Å². The molecule has 1 N–H and O–H groups in total. The van der Waals surface area contributed by atoms with E-state index in [1.807, 2.05) is 0 Å². The molecule has 5 nitrogen and oxygen atoms in total. The lowest BCUT2D eigenvalue weighted by Crippen LogP contribution is -2.23. The number of halogens is 1. The van der Waals surface area contributed by atoms with Gasteiger partial charge in [-0.2, -0.15) is 0 Å². The Balaban J connectivity index is 2.22. The van der Waals surface area contributed by atoms with Crippen molar-refractivity contribution in [2.24, 2.45) is 0 Å². The van der Waals surface area contributed by atoms with E-state index in [1.54, 1.807) is 23.6 Å². The van der Waals surface area contributed by atoms with Crippen molar-refractivity contribution in [2.45, 2.75) is 6.92 Å². The van der Waals surface area contributed by atoms with Crippen LogP contribution < -0.4 is 10.2 Å². The molecular formula is C17H16FN3O2S. The maximum atomic E-state index is 14.0. The van der Waals surface area contributed by atoms with E-state index in [1.165, 1.54) is 47.4 Å². The van der Waals surface area contributed by atoms with Gasteiger partial charge in [-0.1, -0.05) is 18.2 Å². The number of carbonyl (C=O) groups excluding carboxylic acids is 2. The van der Waals surface area contributed by atoms with Crippen LogP contribution in [0.1, 0.15) is 12.6 Å². The lowest BCUT2D eigenvalue weighted by Gasteiger charge is -2.18. The predicted octanol–water partition coefficient (Wildman–Crippen LogP) is 3.28. The highest BCUT2D eigenvalue weighted by Crippen LogP contribution is 2.30. The smallest absolute Gasteiger partial charge is 0.244 e. The van der Waals surface area contributed by atoms with Crippen LogP contribution in [0.25, 0.3) is 6.08 Å². The summed E-state index contributed by atoms with van der Waals surface area (Å²) in [4.78, 5) is 28.9. The highest BCUT2D eigenvalue weighted by atomic mass is 32.1. The Labute approximate surface area is 143 Å². The third-order valence-electron chi connectivity index (χ3n) is 2.94. The maximum absolute atomic E-state index is 14.0. The second-order valence-electron chi connectivity index (χ2n) is 4.73. The van der Waals surface area contributed by atoms with E-state index >= 15 is 0 Å². The van der Waals surface area contributed by atoms with Gasteiger partial charge in [-0.3, -0.25) is 14.5 Å². The summed E-state index contributed by atoms with van der Waals surface area (Å²) in [6.07, 6.45) is 4.44. The molecule has 2 rings (SSSR count). The van der Waals surface area contributed by atoms with Gasteiger partial charge in [0.1, 0.15) is 5.82 Å². The highest BCUT2D eigenvalue weighted by Gasteiger charge is 2.20. The second-order valence-corrected chi connectivity index (χ2v) is 5.56. The van der Waals surface area contributed by atoms with Gasteiger partial charge in [0, 0.05) is 24.9 Å². The first-order valence-corrected chi connectivity index (χ1v) is 7.98. The first-order valence-electron chi connectivity index (χ1n) is 7.10. The SMILES string of the molecule is C=CCNC(=O)/C=C/c1csc(N(C(C)=O)c2ccccc2F)n1. The summed E-state index contributed by atoms with van der Waals surface area (Å²) in [5.41, 5.74) is 0.643. The number of rotatable bonds is 6. The first kappa shape index (κ1) is 17.6. The van der Waals surface area contributed by atoms with Gasteiger partial charge in [0.2, 0.25) is 11.8 Å². The molecule has 0 atom stereocenters. The van der Waals surface area contributed by atoms with Crippen LogP contribution in [0.15, 0.2) is 48.4 Å². The summed E-state index contributed by atoms with van der Waals surface area (Å²) in [5.74, 6) is -1.14. The zero-order valence-electron chi connectivity index (χ0n) is 13.0. The van der Waals surface area contributed by atoms with Gasteiger partial charge in [-0.25, -0.2) is 9.37 Å². The van der Waals surface area contributed by atoms with E-state index in [2.05, 4.69) is 16.9 Å². The first-order chi connectivity index (χ1) is 11.5. The molecule has 0 aliphatic heterocycles. The van der Waals surface area contributed by atoms with Crippen molar-refractivity contribution in [1.82, 2.24) is 10.3 Å². The number of carbonyl (C=O) groups is 2. The Morgan fingerprint density at radius 1 is 1.42 bits per heavy atom. The molecule has 0 saturated carbocycles. The van der Waals surface area contributed by atoms with Gasteiger partial charge in [0.05, 0.1) is 11.4 Å². The maximum Gasteiger partial charge on any atom is 0.244 e. The largest absolute Gasteiger partial charge is 0.349 e. The lowest BCUT2D eigenvalue weighted by atomic mass is 10.3. The van der Waals surface area contributed by atoms with Crippen LogP contribution in [0.4, 0.5) is 15.2 Å². The molecule has 2 amide bonds. The zero-order chi connectivity index (χ0) is 17.5. The molecule has 1 aromatic carbocycles. The number of benzene rings is 1. The average Bonchev–Trinajstić information content (AvgIpc) is 3.01. The molecule has 0 bridgehead atoms. The van der Waals surface area contributed by atoms with Gasteiger partial charge in [-0.05, 0) is 18.2 Å². The minimum absolute atomic E-state index is 0.138. The van der Waals surface area contributed by atoms with Crippen LogP contribution in [-0.4, -0.2) is 23.3 Å². The number of anilines is 2. The van der Waals surface area contributed by atoms with E-state index in [-0.39, 0.29) is 17.5 Å². The van der Waals surface area contributed by atoms with Crippen LogP contribution in [-0.2, 0) is 9.59 Å². The summed E-state index contributed by atoms with van der Waals surface area (Å²) in [6, 6.07) is 5.99. The van der Waals surface area contributed by atoms with Crippen molar-refractivity contribution >= 4 is 40.0 Å². The van der Waals surface area contributed by atoms with Crippen LogP contribution >= 0.6 is 11.3 Å². The topological polar surface area (TPSA) is 62.3 Å². The van der Waals surface area contributed by atoms with Gasteiger partial charge < -0.3 is 5.32 Å². The number of thiazole rings is 1. The quantitative estimate of drug-likeness (QED) is 0.645. The fraction of sp³-hybridized carbons (Fsp3) is 0.118. The van der Waals surface area contributed by atoms with Crippen LogP contribution in [0.2, 0.25) is 0 Å². The Morgan fingerprint density at radius 3 is 2.83 bits per heavy atom. The van der Waals surface area contributed by atoms with Gasteiger partial charge in [0.25, 0.3) is 0 Å². The summed E-state index contributed by atoms with van der Waals surface area (Å²) >= 11 is 1.19. The Bertz CT molecular complexity index is 786. The van der Waals surface area contributed by atoms with Gasteiger partial charge in [-0.15, -0.1) is 17.9 Å². The summed E-state index contributed by atoms with van der Waals surface area (Å²) < 4.78 is 14.0. The Kier molecular flexibility index (Phi) is 5.97. The van der Waals surface area contributed by atoms with Crippen molar-refractivity contribution in [1.29, 1.82) is 0 Å². The molecule has 2 aromatic rings. The van der Waals surface area contributed by atoms with Crippen molar-refractivity contribution in [3.05, 3.63) is 59.9 Å². The van der Waals surface area contributed by atoms with Crippen molar-refractivity contribution in [3.63, 3.8) is 0 Å². The molecule has 1 aromatic heterocycles. The molecule has 0 aliphatic carbocycles. The standard InChI is InChI=1S/C17H16FN3O2S/c1-3-10-19-16(23)9-8-13-11-24-17(20-13)21(12(2)22)15-7-5-4-6-14(15)18/h3-9,11H,1,10H2,2H3,(H,19,23)/b9-8+. The van der Waals surface area contributed by atoms with E-state index < -0.39 is 5.82 Å². The molecule has 0 radical (unpaired) electrons. The highest BCUT2D eigenvalue weighted by molar-refractivity contribution is 7.14. The second kappa shape index (κ2) is 8.16. The zero-order valence-corrected chi connectivity index (χ0v) is 13.8. The molecule has 0 spiro atoms. The number of aromatic nitrogens is 1. The third kappa shape index (κ3) is 4.36. The van der Waals surface area contributed by atoms with Crippen molar-refractivity contribution in [2.75, 3.05) is 11.4 Å². The summed E-state index contributed by atoms with van der Waals surface area (Å²) in [7, 11) is 0. The molecule has 1 heterocycles. The number of hydrogen-bond donors (Lipinski definition) is 1. The van der Waals surface area contributed by atoms with Crippen LogP contribution in [0.5, 0.6) is 0 Å². The normalized spacial score (nSPS) is 10.6. The number of para-hydroxylation sites is 1. The summed E-state index contributed by atoms with van der Waals surface area (Å²) in [6.45, 7) is 5.22. The summed E-state index contributed by atoms with van der Waals surface area (Å²) in [5, 5.41) is 4.62. The molecular weight excluding hydrogens is 329 g/mol. The lowest BCUT2D eigenvalue weighted by molar-refractivity contribution is -0.116. The fourth-order valence-corrected chi connectivity index (χ4v) is 2.74. The van der Waals surface area contributed by atoms with Gasteiger partial charge in [0.15, 0.2) is 5.13 Å². The Hall–Kier alpha value is -2.80.